The minimum atomic E-state index is -0.486. The van der Waals surface area contributed by atoms with Crippen molar-refractivity contribution in [1.82, 2.24) is 20.5 Å². The molecule has 261 valence electrons. The van der Waals surface area contributed by atoms with Gasteiger partial charge in [-0.15, -0.1) is 0 Å². The van der Waals surface area contributed by atoms with Gasteiger partial charge in [-0.1, -0.05) is 67.1 Å². The van der Waals surface area contributed by atoms with E-state index in [2.05, 4.69) is 22.0 Å². The Morgan fingerprint density at radius 3 is 2.31 bits per heavy atom. The van der Waals surface area contributed by atoms with E-state index in [1.165, 1.54) is 0 Å². The molecule has 3 aromatic carbocycles. The average molecular weight is 669 g/mol. The van der Waals surface area contributed by atoms with Crippen LogP contribution in [0.25, 0.3) is 11.1 Å². The standard InChI is InChI=1S/C39H50N5O5/c45-34-20-16-31(17-21-34)30-42(28-22-38(47)41-33-18-19-33)25-9-2-8-24-40-37(46)23-29-49-39(48)44(43-26-10-3-11-27-43)36-15-7-6-14-35(36)32-12-4-1-5-13-32/h1,3-7,12-17,20-21,33,45H,2,8-11,18-19,22-30H2,(H,40,46)(H,41,47). The molecular formula is C39H50N5O5. The number of hydrazine groups is 1. The van der Waals surface area contributed by atoms with E-state index in [9.17, 15) is 19.5 Å². The molecule has 1 aliphatic heterocycles. The van der Waals surface area contributed by atoms with E-state index in [1.54, 1.807) is 17.1 Å². The van der Waals surface area contributed by atoms with Crippen LogP contribution in [0.2, 0.25) is 0 Å². The Morgan fingerprint density at radius 2 is 1.55 bits per heavy atom. The molecule has 1 heterocycles. The summed E-state index contributed by atoms with van der Waals surface area (Å²) >= 11 is 0. The quantitative estimate of drug-likeness (QED) is 0.141. The topological polar surface area (TPSA) is 114 Å². The molecule has 0 unspecified atom stereocenters. The summed E-state index contributed by atoms with van der Waals surface area (Å²) in [4.78, 5) is 40.7. The first kappa shape index (κ1) is 35.9. The van der Waals surface area contributed by atoms with E-state index in [0.717, 1.165) is 73.9 Å². The summed E-state index contributed by atoms with van der Waals surface area (Å²) in [5.74, 6) is 0.191. The first-order chi connectivity index (χ1) is 24.0. The van der Waals surface area contributed by atoms with Gasteiger partial charge in [-0.3, -0.25) is 14.5 Å². The Balaban J connectivity index is 1.04. The largest absolute Gasteiger partial charge is 0.508 e. The maximum Gasteiger partial charge on any atom is 0.429 e. The molecule has 3 aromatic rings. The van der Waals surface area contributed by atoms with Crippen molar-refractivity contribution >= 4 is 23.6 Å². The van der Waals surface area contributed by atoms with E-state index < -0.39 is 6.09 Å². The molecule has 1 radical (unpaired) electrons. The predicted molar refractivity (Wildman–Crippen MR) is 191 cm³/mol. The van der Waals surface area contributed by atoms with Crippen molar-refractivity contribution in [3.8, 4) is 16.9 Å². The molecule has 3 amide bonds. The summed E-state index contributed by atoms with van der Waals surface area (Å²) in [7, 11) is 0. The summed E-state index contributed by atoms with van der Waals surface area (Å²) < 4.78 is 5.69. The predicted octanol–water partition coefficient (Wildman–Crippen LogP) is 6.06. The van der Waals surface area contributed by atoms with Crippen molar-refractivity contribution in [2.75, 3.05) is 44.3 Å². The molecule has 10 heteroatoms. The first-order valence-corrected chi connectivity index (χ1v) is 17.7. The van der Waals surface area contributed by atoms with Gasteiger partial charge in [0.1, 0.15) is 12.4 Å². The molecule has 1 aliphatic carbocycles. The van der Waals surface area contributed by atoms with Gasteiger partial charge in [-0.25, -0.2) is 14.8 Å². The smallest absolute Gasteiger partial charge is 0.429 e. The molecule has 2 fully saturated rings. The minimum absolute atomic E-state index is 0.00478. The van der Waals surface area contributed by atoms with Crippen LogP contribution in [-0.4, -0.2) is 78.3 Å². The second-order valence-corrected chi connectivity index (χ2v) is 12.8. The third-order valence-electron chi connectivity index (χ3n) is 8.82. The second kappa shape index (κ2) is 19.0. The highest BCUT2D eigenvalue weighted by Crippen LogP contribution is 2.33. The van der Waals surface area contributed by atoms with Crippen LogP contribution in [0.3, 0.4) is 0 Å². The van der Waals surface area contributed by atoms with E-state index in [-0.39, 0.29) is 30.6 Å². The van der Waals surface area contributed by atoms with Crippen molar-refractivity contribution in [2.45, 2.75) is 70.4 Å². The van der Waals surface area contributed by atoms with Crippen LogP contribution in [0.1, 0.15) is 63.4 Å². The molecule has 10 nitrogen and oxygen atoms in total. The highest BCUT2D eigenvalue weighted by Gasteiger charge is 2.28. The third-order valence-corrected chi connectivity index (χ3v) is 8.82. The number of amides is 3. The van der Waals surface area contributed by atoms with Crippen LogP contribution in [0.15, 0.2) is 78.9 Å². The van der Waals surface area contributed by atoms with Gasteiger partial charge < -0.3 is 20.5 Å². The zero-order valence-corrected chi connectivity index (χ0v) is 28.4. The zero-order valence-electron chi connectivity index (χ0n) is 28.4. The Labute approximate surface area is 290 Å². The van der Waals surface area contributed by atoms with Gasteiger partial charge >= 0.3 is 6.09 Å². The summed E-state index contributed by atoms with van der Waals surface area (Å²) in [6, 6.07) is 25.4. The fraction of sp³-hybridized carbons (Fsp3) is 0.436. The van der Waals surface area contributed by atoms with Gasteiger partial charge in [-0.05, 0) is 80.8 Å². The number of para-hydroxylation sites is 1. The van der Waals surface area contributed by atoms with Crippen LogP contribution in [0.5, 0.6) is 5.75 Å². The minimum Gasteiger partial charge on any atom is -0.508 e. The number of aromatic hydroxyl groups is 1. The Hall–Kier alpha value is -4.41. The van der Waals surface area contributed by atoms with Crippen molar-refractivity contribution in [3.63, 3.8) is 0 Å². The number of rotatable bonds is 18. The molecule has 1 saturated carbocycles. The number of phenols is 1. The van der Waals surface area contributed by atoms with Crippen LogP contribution < -0.4 is 15.6 Å². The van der Waals surface area contributed by atoms with Crippen LogP contribution in [0, 0.1) is 6.42 Å². The number of hydrogen-bond acceptors (Lipinski definition) is 7. The molecule has 0 atom stereocenters. The van der Waals surface area contributed by atoms with Gasteiger partial charge in [-0.2, -0.15) is 0 Å². The van der Waals surface area contributed by atoms with Crippen LogP contribution >= 0.6 is 0 Å². The highest BCUT2D eigenvalue weighted by molar-refractivity contribution is 5.93. The number of nitrogens with zero attached hydrogens (tertiary/aromatic N) is 3. The summed E-state index contributed by atoms with van der Waals surface area (Å²) in [5.41, 5.74) is 3.80. The number of phenolic OH excluding ortho intramolecular Hbond substituents is 1. The molecule has 5 rings (SSSR count). The fourth-order valence-electron chi connectivity index (χ4n) is 5.99. The lowest BCUT2D eigenvalue weighted by molar-refractivity contribution is -0.122. The molecule has 0 spiro atoms. The maximum absolute atomic E-state index is 13.5. The molecular weight excluding hydrogens is 618 g/mol. The lowest BCUT2D eigenvalue weighted by Crippen LogP contribution is -2.50. The SMILES string of the molecule is O=C(CCOC(=O)N(c1ccccc1-c1ccccc1)N1CC[CH]CC1)NCCCCCN(CCC(=O)NC1CC1)Cc1ccc(O)cc1. The summed E-state index contributed by atoms with van der Waals surface area (Å²) in [6.07, 6.45) is 8.91. The van der Waals surface area contributed by atoms with E-state index >= 15 is 0 Å². The number of anilines is 1. The van der Waals surface area contributed by atoms with Crippen molar-refractivity contribution in [3.05, 3.63) is 90.8 Å². The van der Waals surface area contributed by atoms with Gasteiger partial charge in [0.25, 0.3) is 0 Å². The highest BCUT2D eigenvalue weighted by atomic mass is 16.6. The summed E-state index contributed by atoms with van der Waals surface area (Å²) in [5, 5.41) is 19.3. The number of piperidine rings is 1. The lowest BCUT2D eigenvalue weighted by atomic mass is 10.0. The monoisotopic (exact) mass is 668 g/mol. The van der Waals surface area contributed by atoms with Crippen LogP contribution in [0.4, 0.5) is 10.5 Å². The van der Waals surface area contributed by atoms with Crippen LogP contribution in [-0.2, 0) is 20.9 Å². The molecule has 0 bridgehead atoms. The van der Waals surface area contributed by atoms with E-state index in [1.807, 2.05) is 71.7 Å². The van der Waals surface area contributed by atoms with E-state index in [4.69, 9.17) is 4.74 Å². The molecule has 0 aromatic heterocycles. The van der Waals surface area contributed by atoms with Gasteiger partial charge in [0, 0.05) is 50.7 Å². The number of ether oxygens (including phenoxy) is 1. The zero-order chi connectivity index (χ0) is 34.3. The summed E-state index contributed by atoms with van der Waals surface area (Å²) in [6.45, 7) is 4.18. The van der Waals surface area contributed by atoms with Crippen molar-refractivity contribution in [2.24, 2.45) is 0 Å². The number of carbonyl (C=O) groups excluding carboxylic acids is 3. The van der Waals surface area contributed by atoms with Crippen molar-refractivity contribution < 1.29 is 24.2 Å². The molecule has 49 heavy (non-hydrogen) atoms. The van der Waals surface area contributed by atoms with E-state index in [0.29, 0.717) is 45.2 Å². The normalized spacial score (nSPS) is 14.7. The van der Waals surface area contributed by atoms with Gasteiger partial charge in [0.15, 0.2) is 0 Å². The molecule has 2 aliphatic rings. The Morgan fingerprint density at radius 1 is 0.816 bits per heavy atom. The second-order valence-electron chi connectivity index (χ2n) is 12.8. The maximum atomic E-state index is 13.5. The first-order valence-electron chi connectivity index (χ1n) is 17.7. The lowest BCUT2D eigenvalue weighted by Gasteiger charge is -2.37. The van der Waals surface area contributed by atoms with Gasteiger partial charge in [0.2, 0.25) is 11.8 Å². The number of nitrogens with one attached hydrogen (secondary N) is 2. The number of hydrogen-bond donors (Lipinski definition) is 3. The van der Waals surface area contributed by atoms with Crippen molar-refractivity contribution in [1.29, 1.82) is 0 Å². The number of carbonyl (C=O) groups is 3. The Bertz CT molecular complexity index is 1470. The third kappa shape index (κ3) is 11.9. The number of benzene rings is 3. The fourth-order valence-corrected chi connectivity index (χ4v) is 5.99. The molecule has 1 saturated heterocycles. The Kier molecular flexibility index (Phi) is 13.9. The number of unbranched alkanes of at least 4 members (excludes halogenated alkanes) is 2. The molecule has 3 N–H and O–H groups in total. The average Bonchev–Trinajstić information content (AvgIpc) is 3.94. The van der Waals surface area contributed by atoms with Gasteiger partial charge in [0.05, 0.1) is 12.1 Å².